The number of aliphatic imine (C=N–C) groups is 1. The van der Waals surface area contributed by atoms with Crippen LogP contribution in [0.4, 0.5) is 22.3 Å². The van der Waals surface area contributed by atoms with Gasteiger partial charge in [0.15, 0.2) is 5.84 Å². The number of azo groups is 1. The number of aromatic nitrogens is 1. The molecule has 0 aliphatic carbocycles. The number of nitrogens with zero attached hydrogens (tertiary/aromatic N) is 4. The van der Waals surface area contributed by atoms with Gasteiger partial charge in [-0.3, -0.25) is 0 Å². The van der Waals surface area contributed by atoms with Gasteiger partial charge in [-0.05, 0) is 36.4 Å². The van der Waals surface area contributed by atoms with Gasteiger partial charge in [0, 0.05) is 28.1 Å². The SMILES string of the molecule is O=c1ccc2cc(Nc3csc(/N=C(\N=Nc4ccccc4)c4ccccc4)n3)ccc2o1. The van der Waals surface area contributed by atoms with Gasteiger partial charge in [0.2, 0.25) is 5.13 Å². The Kier molecular flexibility index (Phi) is 5.81. The summed E-state index contributed by atoms with van der Waals surface area (Å²) in [6.45, 7) is 0. The van der Waals surface area contributed by atoms with E-state index in [0.717, 1.165) is 22.3 Å². The summed E-state index contributed by atoms with van der Waals surface area (Å²) in [5.41, 5.74) is 2.58. The number of hydrogen-bond donors (Lipinski definition) is 1. The van der Waals surface area contributed by atoms with E-state index in [1.165, 1.54) is 17.4 Å². The maximum Gasteiger partial charge on any atom is 0.336 e. The molecule has 33 heavy (non-hydrogen) atoms. The highest BCUT2D eigenvalue weighted by Crippen LogP contribution is 2.27. The van der Waals surface area contributed by atoms with Crippen molar-refractivity contribution in [3.05, 3.63) is 112 Å². The first kappa shape index (κ1) is 20.5. The van der Waals surface area contributed by atoms with Gasteiger partial charge in [-0.25, -0.2) is 9.78 Å². The predicted octanol–water partition coefficient (Wildman–Crippen LogP) is 6.86. The van der Waals surface area contributed by atoms with Crippen molar-refractivity contribution in [1.29, 1.82) is 0 Å². The number of hydrogen-bond acceptors (Lipinski definition) is 7. The van der Waals surface area contributed by atoms with Crippen LogP contribution in [-0.2, 0) is 0 Å². The van der Waals surface area contributed by atoms with Crippen LogP contribution in [0.1, 0.15) is 5.56 Å². The average Bonchev–Trinajstić information content (AvgIpc) is 3.29. The van der Waals surface area contributed by atoms with E-state index < -0.39 is 0 Å². The molecule has 8 heteroatoms. The lowest BCUT2D eigenvalue weighted by Gasteiger charge is -2.04. The topological polar surface area (TPSA) is 92.2 Å². The lowest BCUT2D eigenvalue weighted by Crippen LogP contribution is -1.96. The average molecular weight is 452 g/mol. The normalized spacial score (nSPS) is 11.8. The molecule has 160 valence electrons. The summed E-state index contributed by atoms with van der Waals surface area (Å²) in [5.74, 6) is 1.13. The molecule has 0 saturated carbocycles. The smallest absolute Gasteiger partial charge is 0.336 e. The van der Waals surface area contributed by atoms with E-state index in [9.17, 15) is 4.79 Å². The third-order valence-corrected chi connectivity index (χ3v) is 5.37. The van der Waals surface area contributed by atoms with Crippen LogP contribution in [0.15, 0.2) is 121 Å². The van der Waals surface area contributed by atoms with Crippen LogP contribution < -0.4 is 10.9 Å². The second-order valence-corrected chi connectivity index (χ2v) is 7.82. The Bertz CT molecular complexity index is 1510. The van der Waals surface area contributed by atoms with E-state index in [2.05, 4.69) is 25.5 Å². The van der Waals surface area contributed by atoms with Crippen molar-refractivity contribution in [3.63, 3.8) is 0 Å². The maximum atomic E-state index is 11.4. The van der Waals surface area contributed by atoms with Gasteiger partial charge in [0.25, 0.3) is 0 Å². The molecule has 0 aliphatic rings. The third-order valence-electron chi connectivity index (χ3n) is 4.63. The molecule has 0 radical (unpaired) electrons. The van der Waals surface area contributed by atoms with Crippen molar-refractivity contribution < 1.29 is 4.42 Å². The van der Waals surface area contributed by atoms with Crippen LogP contribution >= 0.6 is 11.3 Å². The fourth-order valence-corrected chi connectivity index (χ4v) is 3.71. The van der Waals surface area contributed by atoms with E-state index in [1.807, 2.05) is 78.2 Å². The van der Waals surface area contributed by atoms with Crippen LogP contribution in [0.25, 0.3) is 11.0 Å². The number of fused-ring (bicyclic) bond motifs is 1. The van der Waals surface area contributed by atoms with E-state index in [-0.39, 0.29) is 5.63 Å². The van der Waals surface area contributed by atoms with E-state index in [1.54, 1.807) is 12.1 Å². The molecule has 2 heterocycles. The zero-order valence-corrected chi connectivity index (χ0v) is 18.1. The van der Waals surface area contributed by atoms with Gasteiger partial charge in [-0.2, -0.15) is 4.99 Å². The number of thiazole rings is 1. The minimum absolute atomic E-state index is 0.371. The zero-order chi connectivity index (χ0) is 22.5. The summed E-state index contributed by atoms with van der Waals surface area (Å²) in [6, 6.07) is 27.8. The van der Waals surface area contributed by atoms with Gasteiger partial charge >= 0.3 is 5.63 Å². The van der Waals surface area contributed by atoms with E-state index >= 15 is 0 Å². The fourth-order valence-electron chi connectivity index (χ4n) is 3.09. The second-order valence-electron chi connectivity index (χ2n) is 6.98. The summed E-state index contributed by atoms with van der Waals surface area (Å²) in [6.07, 6.45) is 0. The van der Waals surface area contributed by atoms with Gasteiger partial charge in [-0.15, -0.1) is 21.6 Å². The van der Waals surface area contributed by atoms with Crippen molar-refractivity contribution in [3.8, 4) is 0 Å². The minimum atomic E-state index is -0.371. The lowest BCUT2D eigenvalue weighted by atomic mass is 10.2. The van der Waals surface area contributed by atoms with Crippen molar-refractivity contribution in [2.24, 2.45) is 15.2 Å². The first-order valence-corrected chi connectivity index (χ1v) is 11.0. The molecule has 5 rings (SSSR count). The highest BCUT2D eigenvalue weighted by molar-refractivity contribution is 7.13. The molecule has 3 aromatic carbocycles. The van der Waals surface area contributed by atoms with E-state index in [0.29, 0.717) is 22.4 Å². The lowest BCUT2D eigenvalue weighted by molar-refractivity contribution is 0.561. The van der Waals surface area contributed by atoms with Gasteiger partial charge in [0.1, 0.15) is 11.4 Å². The van der Waals surface area contributed by atoms with Gasteiger partial charge in [-0.1, -0.05) is 48.5 Å². The fraction of sp³-hybridized carbons (Fsp3) is 0. The van der Waals surface area contributed by atoms with Crippen LogP contribution in [-0.4, -0.2) is 10.8 Å². The molecule has 7 nitrogen and oxygen atoms in total. The molecule has 0 aliphatic heterocycles. The number of anilines is 2. The summed E-state index contributed by atoms with van der Waals surface area (Å²) in [7, 11) is 0. The van der Waals surface area contributed by atoms with Crippen LogP contribution in [0.2, 0.25) is 0 Å². The van der Waals surface area contributed by atoms with Crippen molar-refractivity contribution in [2.75, 3.05) is 5.32 Å². The Morgan fingerprint density at radius 3 is 2.52 bits per heavy atom. The molecule has 0 fully saturated rings. The molecule has 0 unspecified atom stereocenters. The molecule has 0 spiro atoms. The summed E-state index contributed by atoms with van der Waals surface area (Å²) < 4.78 is 5.18. The molecular weight excluding hydrogens is 434 g/mol. The molecule has 5 aromatic rings. The Morgan fingerprint density at radius 1 is 0.909 bits per heavy atom. The second kappa shape index (κ2) is 9.37. The minimum Gasteiger partial charge on any atom is -0.423 e. The summed E-state index contributed by atoms with van der Waals surface area (Å²) >= 11 is 1.40. The Labute approximate surface area is 192 Å². The van der Waals surface area contributed by atoms with Crippen LogP contribution in [0, 0.1) is 0 Å². The number of nitrogens with one attached hydrogen (secondary N) is 1. The van der Waals surface area contributed by atoms with Crippen molar-refractivity contribution in [1.82, 2.24) is 4.98 Å². The highest BCUT2D eigenvalue weighted by Gasteiger charge is 2.07. The van der Waals surface area contributed by atoms with Gasteiger partial charge in [0.05, 0.1) is 5.69 Å². The standard InChI is InChI=1S/C25H17N5O2S/c31-23-14-11-18-15-20(12-13-21(18)32-23)26-22-16-33-25(27-22)28-24(17-7-3-1-4-8-17)30-29-19-9-5-2-6-10-19/h1-16,26H/b28-24-,30-29?. The first-order valence-electron chi connectivity index (χ1n) is 10.1. The number of amidine groups is 1. The van der Waals surface area contributed by atoms with Crippen LogP contribution in [0.3, 0.4) is 0 Å². The molecule has 0 atom stereocenters. The van der Waals surface area contributed by atoms with E-state index in [4.69, 9.17) is 4.42 Å². The zero-order valence-electron chi connectivity index (χ0n) is 17.3. The molecule has 0 bridgehead atoms. The molecule has 0 saturated heterocycles. The molecule has 1 N–H and O–H groups in total. The molecule has 2 aromatic heterocycles. The largest absolute Gasteiger partial charge is 0.423 e. The summed E-state index contributed by atoms with van der Waals surface area (Å²) in [4.78, 5) is 20.6. The third kappa shape index (κ3) is 5.08. The predicted molar refractivity (Wildman–Crippen MR) is 131 cm³/mol. The van der Waals surface area contributed by atoms with Crippen molar-refractivity contribution in [2.45, 2.75) is 0 Å². The Hall–Kier alpha value is -4.43. The van der Waals surface area contributed by atoms with Gasteiger partial charge < -0.3 is 9.73 Å². The maximum absolute atomic E-state index is 11.4. The monoisotopic (exact) mass is 451 g/mol. The molecule has 0 amide bonds. The van der Waals surface area contributed by atoms with Crippen LogP contribution in [0.5, 0.6) is 0 Å². The van der Waals surface area contributed by atoms with Crippen molar-refractivity contribution >= 4 is 50.5 Å². The quantitative estimate of drug-likeness (QED) is 0.137. The number of rotatable bonds is 5. The first-order chi connectivity index (χ1) is 16.2. The Balaban J connectivity index is 1.41. The number of benzene rings is 3. The highest BCUT2D eigenvalue weighted by atomic mass is 32.1. The Morgan fingerprint density at radius 2 is 1.70 bits per heavy atom. The summed E-state index contributed by atoms with van der Waals surface area (Å²) in [5, 5.41) is 15.2. The molecular formula is C25H17N5O2S.